The minimum absolute atomic E-state index is 0.000492. The van der Waals surface area contributed by atoms with Crippen molar-refractivity contribution in [1.82, 2.24) is 10.2 Å². The molecular weight excluding hydrogens is 686 g/mol. The van der Waals surface area contributed by atoms with E-state index in [1.807, 2.05) is 81.4 Å². The molecule has 0 radical (unpaired) electrons. The number of benzene rings is 4. The summed E-state index contributed by atoms with van der Waals surface area (Å²) in [6.45, 7) is 5.93. The average Bonchev–Trinajstić information content (AvgIpc) is 3.04. The van der Waals surface area contributed by atoms with Crippen LogP contribution in [0.3, 0.4) is 0 Å². The fourth-order valence-corrected chi connectivity index (χ4v) is 6.79. The van der Waals surface area contributed by atoms with Crippen LogP contribution in [-0.4, -0.2) is 44.3 Å². The van der Waals surface area contributed by atoms with Gasteiger partial charge in [-0.15, -0.1) is 0 Å². The number of amides is 2. The van der Waals surface area contributed by atoms with Crippen LogP contribution in [0, 0.1) is 13.8 Å². The number of nitrogens with zero attached hydrogens (tertiary/aromatic N) is 2. The molecule has 0 saturated heterocycles. The topological polar surface area (TPSA) is 86.8 Å². The maximum atomic E-state index is 14.6. The Morgan fingerprint density at radius 1 is 0.870 bits per heavy atom. The molecule has 0 heterocycles. The van der Waals surface area contributed by atoms with E-state index in [4.69, 9.17) is 11.6 Å². The number of aryl methyl sites for hydroxylation is 2. The molecule has 0 spiro atoms. The van der Waals surface area contributed by atoms with Gasteiger partial charge in [0.1, 0.15) is 12.6 Å². The summed E-state index contributed by atoms with van der Waals surface area (Å²) in [6, 6.07) is 27.3. The largest absolute Gasteiger partial charge is 0.354 e. The lowest BCUT2D eigenvalue weighted by atomic mass is 10.0. The van der Waals surface area contributed by atoms with E-state index in [1.54, 1.807) is 12.1 Å². The fraction of sp³-hybridized carbons (Fsp3) is 0.278. The smallest absolute Gasteiger partial charge is 0.264 e. The van der Waals surface area contributed by atoms with Crippen molar-refractivity contribution in [1.29, 1.82) is 0 Å². The second kappa shape index (κ2) is 16.3. The number of carbonyl (C=O) groups is 2. The molecule has 4 aromatic rings. The van der Waals surface area contributed by atoms with Crippen LogP contribution in [0.25, 0.3) is 0 Å². The zero-order valence-electron chi connectivity index (χ0n) is 26.2. The van der Waals surface area contributed by atoms with Crippen LogP contribution in [0.15, 0.2) is 106 Å². The standard InChI is InChI=1S/C36H39BrClN3O4S/c1-4-5-21-39-36(43)34(23-28-9-7-6-8-10-28)40(24-29-12-14-30(37)15-13-29)35(42)25-41(32-18-11-26(2)27(3)22-32)46(44,45)33-19-16-31(38)17-20-33/h6-20,22,34H,4-5,21,23-25H2,1-3H3,(H,39,43). The van der Waals surface area contributed by atoms with Crippen molar-refractivity contribution in [3.05, 3.63) is 129 Å². The summed E-state index contributed by atoms with van der Waals surface area (Å²) in [7, 11) is -4.21. The number of rotatable bonds is 14. The zero-order chi connectivity index (χ0) is 33.3. The Labute approximate surface area is 285 Å². The molecule has 7 nitrogen and oxygen atoms in total. The van der Waals surface area contributed by atoms with E-state index in [1.165, 1.54) is 29.2 Å². The Morgan fingerprint density at radius 2 is 1.54 bits per heavy atom. The summed E-state index contributed by atoms with van der Waals surface area (Å²) < 4.78 is 30.4. The van der Waals surface area contributed by atoms with E-state index in [0.29, 0.717) is 17.3 Å². The van der Waals surface area contributed by atoms with E-state index in [2.05, 4.69) is 21.2 Å². The Kier molecular flexibility index (Phi) is 12.4. The second-order valence-corrected chi connectivity index (χ2v) is 14.4. The molecule has 0 aliphatic rings. The molecule has 46 heavy (non-hydrogen) atoms. The molecule has 10 heteroatoms. The van der Waals surface area contributed by atoms with Crippen LogP contribution in [0.1, 0.15) is 42.0 Å². The molecule has 242 valence electrons. The van der Waals surface area contributed by atoms with Gasteiger partial charge in [-0.05, 0) is 91.1 Å². The first-order valence-electron chi connectivity index (χ1n) is 15.2. The van der Waals surface area contributed by atoms with Gasteiger partial charge in [-0.3, -0.25) is 13.9 Å². The Hall–Kier alpha value is -3.66. The summed E-state index contributed by atoms with van der Waals surface area (Å²) in [4.78, 5) is 29.9. The summed E-state index contributed by atoms with van der Waals surface area (Å²) >= 11 is 9.54. The summed E-state index contributed by atoms with van der Waals surface area (Å²) in [6.07, 6.45) is 1.96. The number of carbonyl (C=O) groups excluding carboxylic acids is 2. The first kappa shape index (κ1) is 35.2. The molecule has 1 unspecified atom stereocenters. The van der Waals surface area contributed by atoms with Gasteiger partial charge in [-0.1, -0.05) is 89.4 Å². The van der Waals surface area contributed by atoms with E-state index in [0.717, 1.165) is 43.9 Å². The average molecular weight is 725 g/mol. The lowest BCUT2D eigenvalue weighted by molar-refractivity contribution is -0.140. The van der Waals surface area contributed by atoms with E-state index >= 15 is 0 Å². The normalized spacial score (nSPS) is 11.9. The maximum Gasteiger partial charge on any atom is 0.264 e. The molecule has 0 saturated carbocycles. The van der Waals surface area contributed by atoms with Crippen molar-refractivity contribution in [2.75, 3.05) is 17.4 Å². The van der Waals surface area contributed by atoms with Gasteiger partial charge in [0.2, 0.25) is 11.8 Å². The van der Waals surface area contributed by atoms with Crippen LogP contribution in [0.5, 0.6) is 0 Å². The number of halogens is 2. The van der Waals surface area contributed by atoms with Crippen molar-refractivity contribution >= 4 is 55.1 Å². The van der Waals surface area contributed by atoms with E-state index in [9.17, 15) is 18.0 Å². The minimum atomic E-state index is -4.21. The molecule has 4 rings (SSSR count). The highest BCUT2D eigenvalue weighted by atomic mass is 79.9. The third-order valence-corrected chi connectivity index (χ3v) is 10.4. The van der Waals surface area contributed by atoms with Crippen molar-refractivity contribution in [2.24, 2.45) is 0 Å². The molecule has 0 aromatic heterocycles. The molecule has 0 aliphatic heterocycles. The first-order chi connectivity index (χ1) is 22.0. The molecule has 1 atom stereocenters. The number of hydrogen-bond acceptors (Lipinski definition) is 4. The van der Waals surface area contributed by atoms with Crippen molar-refractivity contribution in [2.45, 2.75) is 57.5 Å². The van der Waals surface area contributed by atoms with Crippen LogP contribution < -0.4 is 9.62 Å². The van der Waals surface area contributed by atoms with Gasteiger partial charge < -0.3 is 10.2 Å². The SMILES string of the molecule is CCCCNC(=O)C(Cc1ccccc1)N(Cc1ccc(Br)cc1)C(=O)CN(c1ccc(C)c(C)c1)S(=O)(=O)c1ccc(Cl)cc1. The minimum Gasteiger partial charge on any atom is -0.354 e. The van der Waals surface area contributed by atoms with Crippen LogP contribution in [0.2, 0.25) is 5.02 Å². The maximum absolute atomic E-state index is 14.6. The van der Waals surface area contributed by atoms with Crippen LogP contribution >= 0.6 is 27.5 Å². The molecule has 2 amide bonds. The third kappa shape index (κ3) is 9.21. The van der Waals surface area contributed by atoms with Crippen LogP contribution in [0.4, 0.5) is 5.69 Å². The van der Waals surface area contributed by atoms with Crippen LogP contribution in [-0.2, 0) is 32.6 Å². The lowest BCUT2D eigenvalue weighted by Crippen LogP contribution is -2.53. The fourth-order valence-electron chi connectivity index (χ4n) is 4.99. The molecular formula is C36H39BrClN3O4S. The van der Waals surface area contributed by atoms with Crippen molar-refractivity contribution in [3.63, 3.8) is 0 Å². The van der Waals surface area contributed by atoms with E-state index in [-0.39, 0.29) is 23.8 Å². The third-order valence-electron chi connectivity index (χ3n) is 7.83. The monoisotopic (exact) mass is 723 g/mol. The summed E-state index contributed by atoms with van der Waals surface area (Å²) in [5.41, 5.74) is 3.90. The van der Waals surface area contributed by atoms with Gasteiger partial charge in [0.05, 0.1) is 10.6 Å². The zero-order valence-corrected chi connectivity index (χ0v) is 29.4. The van der Waals surface area contributed by atoms with Gasteiger partial charge in [-0.2, -0.15) is 0 Å². The predicted molar refractivity (Wildman–Crippen MR) is 188 cm³/mol. The Balaban J connectivity index is 1.80. The lowest BCUT2D eigenvalue weighted by Gasteiger charge is -2.34. The Morgan fingerprint density at radius 3 is 2.17 bits per heavy atom. The van der Waals surface area contributed by atoms with Gasteiger partial charge >= 0.3 is 0 Å². The number of unbranched alkanes of at least 4 members (excludes halogenated alkanes) is 1. The van der Waals surface area contributed by atoms with Crippen molar-refractivity contribution < 1.29 is 18.0 Å². The van der Waals surface area contributed by atoms with Gasteiger partial charge in [0.15, 0.2) is 0 Å². The second-order valence-electron chi connectivity index (χ2n) is 11.2. The molecule has 0 fully saturated rings. The van der Waals surface area contributed by atoms with E-state index < -0.39 is 28.5 Å². The Bertz CT molecular complexity index is 1730. The molecule has 1 N–H and O–H groups in total. The predicted octanol–water partition coefficient (Wildman–Crippen LogP) is 7.47. The number of anilines is 1. The molecule has 0 aliphatic carbocycles. The highest BCUT2D eigenvalue weighted by molar-refractivity contribution is 9.10. The highest BCUT2D eigenvalue weighted by Crippen LogP contribution is 2.28. The van der Waals surface area contributed by atoms with Crippen molar-refractivity contribution in [3.8, 4) is 0 Å². The number of nitrogens with one attached hydrogen (secondary N) is 1. The highest BCUT2D eigenvalue weighted by Gasteiger charge is 2.34. The summed E-state index contributed by atoms with van der Waals surface area (Å²) in [5, 5.41) is 3.40. The number of hydrogen-bond donors (Lipinski definition) is 1. The quantitative estimate of drug-likeness (QED) is 0.137. The number of sulfonamides is 1. The molecule has 4 aromatic carbocycles. The first-order valence-corrected chi connectivity index (χ1v) is 17.8. The summed E-state index contributed by atoms with van der Waals surface area (Å²) in [5.74, 6) is -0.800. The molecule has 0 bridgehead atoms. The van der Waals surface area contributed by atoms with Gasteiger partial charge in [-0.25, -0.2) is 8.42 Å². The van der Waals surface area contributed by atoms with Gasteiger partial charge in [0, 0.05) is 29.0 Å². The van der Waals surface area contributed by atoms with Gasteiger partial charge in [0.25, 0.3) is 10.0 Å².